The summed E-state index contributed by atoms with van der Waals surface area (Å²) < 4.78 is 5.22. The van der Waals surface area contributed by atoms with Crippen LogP contribution in [0.3, 0.4) is 0 Å². The number of nitrogens with one attached hydrogen (secondary N) is 1. The normalized spacial score (nSPS) is 20.1. The van der Waals surface area contributed by atoms with E-state index in [-0.39, 0.29) is 18.1 Å². The Morgan fingerprint density at radius 3 is 2.36 bits per heavy atom. The van der Waals surface area contributed by atoms with Gasteiger partial charge in [-0.15, -0.1) is 0 Å². The van der Waals surface area contributed by atoms with Gasteiger partial charge in [0.05, 0.1) is 6.10 Å². The molecule has 0 heterocycles. The van der Waals surface area contributed by atoms with Gasteiger partial charge < -0.3 is 15.2 Å². The van der Waals surface area contributed by atoms with Crippen LogP contribution >= 0.6 is 0 Å². The monoisotopic (exact) mass is 203 g/mol. The van der Waals surface area contributed by atoms with E-state index in [0.29, 0.717) is 6.04 Å². The van der Waals surface area contributed by atoms with Gasteiger partial charge in [-0.1, -0.05) is 13.8 Å². The van der Waals surface area contributed by atoms with Gasteiger partial charge in [-0.05, 0) is 20.3 Å². The Bertz CT molecular complexity index is 146. The minimum atomic E-state index is -0.0122. The van der Waals surface area contributed by atoms with Gasteiger partial charge in [0.15, 0.2) is 0 Å². The van der Waals surface area contributed by atoms with Crippen molar-refractivity contribution in [2.45, 2.75) is 46.3 Å². The molecule has 0 amide bonds. The SMILES string of the molecule is CCC(C)(CO)CNC(C)C(C)OC. The van der Waals surface area contributed by atoms with E-state index >= 15 is 0 Å². The molecule has 0 aliphatic heterocycles. The Morgan fingerprint density at radius 1 is 1.43 bits per heavy atom. The Hall–Kier alpha value is -0.120. The maximum Gasteiger partial charge on any atom is 0.0693 e. The molecule has 0 aromatic carbocycles. The first kappa shape index (κ1) is 13.9. The third kappa shape index (κ3) is 4.40. The summed E-state index contributed by atoms with van der Waals surface area (Å²) in [6, 6.07) is 0.317. The van der Waals surface area contributed by atoms with Crippen molar-refractivity contribution in [2.24, 2.45) is 5.41 Å². The van der Waals surface area contributed by atoms with Gasteiger partial charge in [-0.2, -0.15) is 0 Å². The summed E-state index contributed by atoms with van der Waals surface area (Å²) in [5.74, 6) is 0. The Kier molecular flexibility index (Phi) is 6.33. The molecule has 0 saturated carbocycles. The second-order valence-corrected chi connectivity index (χ2v) is 4.43. The van der Waals surface area contributed by atoms with Crippen LogP contribution in [0.15, 0.2) is 0 Å². The highest BCUT2D eigenvalue weighted by Crippen LogP contribution is 2.18. The maximum atomic E-state index is 9.22. The molecule has 0 radical (unpaired) electrons. The van der Waals surface area contributed by atoms with Gasteiger partial charge in [0.25, 0.3) is 0 Å². The molecule has 0 aromatic rings. The van der Waals surface area contributed by atoms with Crippen molar-refractivity contribution in [2.75, 3.05) is 20.3 Å². The molecule has 0 rings (SSSR count). The fourth-order valence-electron chi connectivity index (χ4n) is 1.07. The van der Waals surface area contributed by atoms with Crippen LogP contribution in [0.25, 0.3) is 0 Å². The smallest absolute Gasteiger partial charge is 0.0693 e. The van der Waals surface area contributed by atoms with Crippen molar-refractivity contribution in [3.8, 4) is 0 Å². The van der Waals surface area contributed by atoms with E-state index in [1.807, 2.05) is 6.92 Å². The minimum absolute atomic E-state index is 0.0122. The van der Waals surface area contributed by atoms with E-state index in [2.05, 4.69) is 26.1 Å². The first-order valence-corrected chi connectivity index (χ1v) is 5.36. The van der Waals surface area contributed by atoms with Gasteiger partial charge in [0.1, 0.15) is 0 Å². The Balaban J connectivity index is 3.91. The average Bonchev–Trinajstić information content (AvgIpc) is 2.24. The lowest BCUT2D eigenvalue weighted by Crippen LogP contribution is -2.43. The van der Waals surface area contributed by atoms with E-state index in [1.165, 1.54) is 0 Å². The molecule has 0 aliphatic rings. The zero-order chi connectivity index (χ0) is 11.2. The maximum absolute atomic E-state index is 9.22. The molecule has 0 saturated heterocycles. The van der Waals surface area contributed by atoms with Gasteiger partial charge in [0.2, 0.25) is 0 Å². The van der Waals surface area contributed by atoms with Crippen LogP contribution in [-0.4, -0.2) is 37.5 Å². The molecule has 14 heavy (non-hydrogen) atoms. The van der Waals surface area contributed by atoms with Gasteiger partial charge >= 0.3 is 0 Å². The zero-order valence-corrected chi connectivity index (χ0v) is 10.1. The lowest BCUT2D eigenvalue weighted by Gasteiger charge is -2.29. The average molecular weight is 203 g/mol. The molecular weight excluding hydrogens is 178 g/mol. The predicted molar refractivity (Wildman–Crippen MR) is 59.4 cm³/mol. The summed E-state index contributed by atoms with van der Waals surface area (Å²) in [4.78, 5) is 0. The van der Waals surface area contributed by atoms with Crippen LogP contribution < -0.4 is 5.32 Å². The Morgan fingerprint density at radius 2 is 2.00 bits per heavy atom. The predicted octanol–water partition coefficient (Wildman–Crippen LogP) is 1.41. The number of hydrogen-bond donors (Lipinski definition) is 2. The van der Waals surface area contributed by atoms with Gasteiger partial charge in [-0.25, -0.2) is 0 Å². The van der Waals surface area contributed by atoms with Crippen molar-refractivity contribution >= 4 is 0 Å². The summed E-state index contributed by atoms with van der Waals surface area (Å²) in [5.41, 5.74) is -0.0122. The standard InChI is InChI=1S/C11H25NO2/c1-6-11(4,8-13)7-12-9(2)10(3)14-5/h9-10,12-13H,6-8H2,1-5H3. The molecule has 3 unspecified atom stereocenters. The Labute approximate surface area is 87.8 Å². The number of rotatable bonds is 7. The largest absolute Gasteiger partial charge is 0.396 e. The lowest BCUT2D eigenvalue weighted by molar-refractivity contribution is 0.0752. The van der Waals surface area contributed by atoms with Crippen LogP contribution in [0.1, 0.15) is 34.1 Å². The third-order valence-corrected chi connectivity index (χ3v) is 3.16. The van der Waals surface area contributed by atoms with E-state index < -0.39 is 0 Å². The molecule has 3 atom stereocenters. The van der Waals surface area contributed by atoms with Crippen molar-refractivity contribution in [1.29, 1.82) is 0 Å². The second-order valence-electron chi connectivity index (χ2n) is 4.43. The summed E-state index contributed by atoms with van der Waals surface area (Å²) in [5, 5.41) is 12.6. The fourth-order valence-corrected chi connectivity index (χ4v) is 1.07. The van der Waals surface area contributed by atoms with Crippen molar-refractivity contribution < 1.29 is 9.84 Å². The third-order valence-electron chi connectivity index (χ3n) is 3.16. The summed E-state index contributed by atoms with van der Waals surface area (Å²) >= 11 is 0. The lowest BCUT2D eigenvalue weighted by atomic mass is 9.88. The van der Waals surface area contributed by atoms with Crippen LogP contribution in [0.2, 0.25) is 0 Å². The summed E-state index contributed by atoms with van der Waals surface area (Å²) in [6.07, 6.45) is 1.18. The van der Waals surface area contributed by atoms with Gasteiger partial charge in [-0.3, -0.25) is 0 Å². The molecule has 3 heteroatoms. The molecule has 0 aromatic heterocycles. The molecule has 2 N–H and O–H groups in total. The van der Waals surface area contributed by atoms with Gasteiger partial charge in [0, 0.05) is 31.7 Å². The highest BCUT2D eigenvalue weighted by molar-refractivity contribution is 4.78. The number of ether oxygens (including phenoxy) is 1. The van der Waals surface area contributed by atoms with Crippen LogP contribution in [-0.2, 0) is 4.74 Å². The first-order chi connectivity index (χ1) is 6.49. The van der Waals surface area contributed by atoms with Crippen molar-refractivity contribution in [3.63, 3.8) is 0 Å². The first-order valence-electron chi connectivity index (χ1n) is 5.36. The topological polar surface area (TPSA) is 41.5 Å². The highest BCUT2D eigenvalue weighted by atomic mass is 16.5. The number of aliphatic hydroxyl groups excluding tert-OH is 1. The second kappa shape index (κ2) is 6.38. The molecule has 0 bridgehead atoms. The van der Waals surface area contributed by atoms with Crippen LogP contribution in [0.5, 0.6) is 0 Å². The number of aliphatic hydroxyl groups is 1. The quantitative estimate of drug-likeness (QED) is 0.657. The van der Waals surface area contributed by atoms with Crippen LogP contribution in [0, 0.1) is 5.41 Å². The summed E-state index contributed by atoms with van der Waals surface area (Å²) in [7, 11) is 1.72. The zero-order valence-electron chi connectivity index (χ0n) is 10.1. The van der Waals surface area contributed by atoms with Crippen molar-refractivity contribution in [1.82, 2.24) is 5.32 Å². The molecule has 0 fully saturated rings. The van der Waals surface area contributed by atoms with E-state index in [4.69, 9.17) is 4.74 Å². The molecule has 0 aliphatic carbocycles. The molecule has 3 nitrogen and oxygen atoms in total. The van der Waals surface area contributed by atoms with Crippen LogP contribution in [0.4, 0.5) is 0 Å². The van der Waals surface area contributed by atoms with E-state index in [0.717, 1.165) is 13.0 Å². The van der Waals surface area contributed by atoms with E-state index in [9.17, 15) is 5.11 Å². The molecular formula is C11H25NO2. The molecule has 0 spiro atoms. The summed E-state index contributed by atoms with van der Waals surface area (Å²) in [6.45, 7) is 9.38. The highest BCUT2D eigenvalue weighted by Gasteiger charge is 2.22. The van der Waals surface area contributed by atoms with E-state index in [1.54, 1.807) is 7.11 Å². The number of hydrogen-bond acceptors (Lipinski definition) is 3. The number of methoxy groups -OCH3 is 1. The minimum Gasteiger partial charge on any atom is -0.396 e. The fraction of sp³-hybridized carbons (Fsp3) is 1.00. The molecule has 86 valence electrons. The van der Waals surface area contributed by atoms with Crippen molar-refractivity contribution in [3.05, 3.63) is 0 Å².